The van der Waals surface area contributed by atoms with Gasteiger partial charge in [-0.3, -0.25) is 4.79 Å². The summed E-state index contributed by atoms with van der Waals surface area (Å²) in [7, 11) is 1.79. The normalized spacial score (nSPS) is 15.7. The van der Waals surface area contributed by atoms with Crippen LogP contribution in [0.4, 0.5) is 5.69 Å². The quantitative estimate of drug-likeness (QED) is 0.700. The van der Waals surface area contributed by atoms with Gasteiger partial charge < -0.3 is 24.0 Å². The van der Waals surface area contributed by atoms with E-state index in [0.717, 1.165) is 37.4 Å². The molecule has 0 bridgehead atoms. The Bertz CT molecular complexity index is 908. The maximum atomic E-state index is 12.5. The highest BCUT2D eigenvalue weighted by atomic mass is 35.5. The highest BCUT2D eigenvalue weighted by Crippen LogP contribution is 2.40. The molecule has 2 aromatic carbocycles. The number of carbonyl (C=O) groups excluding carboxylic acids is 1. The van der Waals surface area contributed by atoms with Gasteiger partial charge in [0.25, 0.3) is 0 Å². The number of hydrogen-bond acceptors (Lipinski definition) is 5. The second kappa shape index (κ2) is 8.76. The molecule has 29 heavy (non-hydrogen) atoms. The molecule has 7 heteroatoms. The fourth-order valence-electron chi connectivity index (χ4n) is 3.36. The first-order valence-corrected chi connectivity index (χ1v) is 9.92. The van der Waals surface area contributed by atoms with E-state index in [2.05, 4.69) is 29.2 Å². The Morgan fingerprint density at radius 3 is 2.69 bits per heavy atom. The molecule has 0 radical (unpaired) electrons. The van der Waals surface area contributed by atoms with Gasteiger partial charge in [0.05, 0.1) is 18.2 Å². The number of hydrogen-bond donors (Lipinski definition) is 0. The van der Waals surface area contributed by atoms with Crippen molar-refractivity contribution in [2.24, 2.45) is 0 Å². The van der Waals surface area contributed by atoms with Gasteiger partial charge in [-0.1, -0.05) is 23.7 Å². The minimum absolute atomic E-state index is 0.0870. The van der Waals surface area contributed by atoms with Crippen molar-refractivity contribution in [3.8, 4) is 11.5 Å². The Hall–Kier alpha value is -2.70. The third-order valence-corrected chi connectivity index (χ3v) is 5.26. The number of fused-ring (bicyclic) bond motifs is 1. The number of rotatable bonds is 5. The molecule has 2 aliphatic rings. The monoisotopic (exact) mass is 414 g/mol. The van der Waals surface area contributed by atoms with E-state index in [1.54, 1.807) is 24.1 Å². The van der Waals surface area contributed by atoms with Crippen LogP contribution in [0.15, 0.2) is 42.5 Å². The maximum Gasteiger partial charge on any atom is 0.246 e. The topological polar surface area (TPSA) is 51.2 Å². The number of halogens is 1. The average molecular weight is 415 g/mol. The highest BCUT2D eigenvalue weighted by molar-refractivity contribution is 6.32. The van der Waals surface area contributed by atoms with Crippen LogP contribution in [-0.2, 0) is 16.1 Å². The molecule has 0 spiro atoms. The van der Waals surface area contributed by atoms with Crippen molar-refractivity contribution >= 4 is 29.3 Å². The predicted octanol–water partition coefficient (Wildman–Crippen LogP) is 3.58. The van der Waals surface area contributed by atoms with Gasteiger partial charge in [0.15, 0.2) is 11.5 Å². The number of ether oxygens (including phenoxy) is 3. The number of anilines is 1. The standard InChI is InChI=1S/C22H23ClN2O4/c1-24(14-16-2-5-18(6-3-16)25-8-10-27-11-9-25)21(26)7-4-17-12-19(23)22-20(13-17)28-15-29-22/h2-7,12-13H,8-11,14-15H2,1H3/b7-4+. The molecular weight excluding hydrogens is 392 g/mol. The first-order chi connectivity index (χ1) is 14.1. The number of benzene rings is 2. The fraction of sp³-hybridized carbons (Fsp3) is 0.318. The molecule has 6 nitrogen and oxygen atoms in total. The van der Waals surface area contributed by atoms with Crippen LogP contribution in [0.2, 0.25) is 5.02 Å². The van der Waals surface area contributed by atoms with Crippen molar-refractivity contribution in [2.45, 2.75) is 6.54 Å². The van der Waals surface area contributed by atoms with Crippen molar-refractivity contribution in [1.82, 2.24) is 4.90 Å². The van der Waals surface area contributed by atoms with Crippen molar-refractivity contribution in [3.63, 3.8) is 0 Å². The van der Waals surface area contributed by atoms with E-state index < -0.39 is 0 Å². The van der Waals surface area contributed by atoms with Gasteiger partial charge in [0.2, 0.25) is 12.7 Å². The smallest absolute Gasteiger partial charge is 0.246 e. The summed E-state index contributed by atoms with van der Waals surface area (Å²) in [4.78, 5) is 16.5. The Kier molecular flexibility index (Phi) is 5.92. The van der Waals surface area contributed by atoms with Crippen LogP contribution >= 0.6 is 11.6 Å². The summed E-state index contributed by atoms with van der Waals surface area (Å²) in [5.41, 5.74) is 3.05. The van der Waals surface area contributed by atoms with Crippen LogP contribution in [0, 0.1) is 0 Å². The van der Waals surface area contributed by atoms with Gasteiger partial charge in [0.1, 0.15) is 0 Å². The molecule has 0 aromatic heterocycles. The number of nitrogens with zero attached hydrogens (tertiary/aromatic N) is 2. The van der Waals surface area contributed by atoms with Gasteiger partial charge in [-0.05, 0) is 41.5 Å². The van der Waals surface area contributed by atoms with Crippen LogP contribution in [-0.4, -0.2) is 51.0 Å². The molecular formula is C22H23ClN2O4. The molecule has 4 rings (SSSR count). The molecule has 2 aliphatic heterocycles. The summed E-state index contributed by atoms with van der Waals surface area (Å²) in [6, 6.07) is 11.9. The second-order valence-electron chi connectivity index (χ2n) is 7.03. The minimum Gasteiger partial charge on any atom is -0.454 e. The largest absolute Gasteiger partial charge is 0.454 e. The van der Waals surface area contributed by atoms with Gasteiger partial charge in [0, 0.05) is 38.4 Å². The molecule has 0 saturated carbocycles. The summed E-state index contributed by atoms with van der Waals surface area (Å²) >= 11 is 6.18. The summed E-state index contributed by atoms with van der Waals surface area (Å²) in [6.07, 6.45) is 3.27. The van der Waals surface area contributed by atoms with Crippen LogP contribution in [0.3, 0.4) is 0 Å². The van der Waals surface area contributed by atoms with Crippen LogP contribution < -0.4 is 14.4 Å². The summed E-state index contributed by atoms with van der Waals surface area (Å²) in [5.74, 6) is 1.06. The van der Waals surface area contributed by atoms with Crippen molar-refractivity contribution in [1.29, 1.82) is 0 Å². The number of morpholine rings is 1. The highest BCUT2D eigenvalue weighted by Gasteiger charge is 2.18. The van der Waals surface area contributed by atoms with E-state index in [-0.39, 0.29) is 12.7 Å². The summed E-state index contributed by atoms with van der Waals surface area (Å²) in [6.45, 7) is 4.04. The molecule has 2 aromatic rings. The zero-order valence-electron chi connectivity index (χ0n) is 16.3. The number of likely N-dealkylation sites (N-methyl/N-ethyl adjacent to an activating group) is 1. The lowest BCUT2D eigenvalue weighted by molar-refractivity contribution is -0.125. The number of amides is 1. The molecule has 0 aliphatic carbocycles. The second-order valence-corrected chi connectivity index (χ2v) is 7.44. The lowest BCUT2D eigenvalue weighted by atomic mass is 10.1. The average Bonchev–Trinajstić information content (AvgIpc) is 3.22. The Morgan fingerprint density at radius 2 is 1.93 bits per heavy atom. The predicted molar refractivity (Wildman–Crippen MR) is 113 cm³/mol. The van der Waals surface area contributed by atoms with Crippen LogP contribution in [0.25, 0.3) is 6.08 Å². The van der Waals surface area contributed by atoms with E-state index in [4.69, 9.17) is 25.8 Å². The van der Waals surface area contributed by atoms with E-state index in [0.29, 0.717) is 23.1 Å². The van der Waals surface area contributed by atoms with Crippen molar-refractivity contribution in [2.75, 3.05) is 45.0 Å². The Labute approximate surface area is 175 Å². The van der Waals surface area contributed by atoms with Gasteiger partial charge in [-0.25, -0.2) is 0 Å². The van der Waals surface area contributed by atoms with Gasteiger partial charge in [-0.15, -0.1) is 0 Å². The molecule has 1 amide bonds. The fourth-order valence-corrected chi connectivity index (χ4v) is 3.64. The lowest BCUT2D eigenvalue weighted by Gasteiger charge is -2.29. The third kappa shape index (κ3) is 4.66. The molecule has 152 valence electrons. The van der Waals surface area contributed by atoms with Crippen molar-refractivity contribution in [3.05, 3.63) is 58.6 Å². The molecule has 0 unspecified atom stereocenters. The Morgan fingerprint density at radius 1 is 1.17 bits per heavy atom. The van der Waals surface area contributed by atoms with Crippen molar-refractivity contribution < 1.29 is 19.0 Å². The van der Waals surface area contributed by atoms with E-state index >= 15 is 0 Å². The van der Waals surface area contributed by atoms with E-state index in [1.165, 1.54) is 11.8 Å². The van der Waals surface area contributed by atoms with E-state index in [9.17, 15) is 4.79 Å². The Balaban J connectivity index is 1.36. The molecule has 0 N–H and O–H groups in total. The first-order valence-electron chi connectivity index (χ1n) is 9.54. The lowest BCUT2D eigenvalue weighted by Crippen LogP contribution is -2.36. The van der Waals surface area contributed by atoms with Crippen LogP contribution in [0.5, 0.6) is 11.5 Å². The third-order valence-electron chi connectivity index (χ3n) is 4.98. The van der Waals surface area contributed by atoms with E-state index in [1.807, 2.05) is 6.07 Å². The maximum absolute atomic E-state index is 12.5. The zero-order chi connectivity index (χ0) is 20.2. The summed E-state index contributed by atoms with van der Waals surface area (Å²) in [5, 5.41) is 0.473. The van der Waals surface area contributed by atoms with Crippen LogP contribution in [0.1, 0.15) is 11.1 Å². The van der Waals surface area contributed by atoms with Gasteiger partial charge in [-0.2, -0.15) is 0 Å². The zero-order valence-corrected chi connectivity index (χ0v) is 17.0. The molecule has 2 heterocycles. The minimum atomic E-state index is -0.0870. The number of carbonyl (C=O) groups is 1. The first kappa shape index (κ1) is 19.6. The molecule has 1 saturated heterocycles. The SMILES string of the molecule is CN(Cc1ccc(N2CCOCC2)cc1)C(=O)/C=C/c1cc(Cl)c2c(c1)OCO2. The molecule has 0 atom stereocenters. The van der Waals surface area contributed by atoms with Gasteiger partial charge >= 0.3 is 0 Å². The summed E-state index contributed by atoms with van der Waals surface area (Å²) < 4.78 is 16.1. The molecule has 1 fully saturated rings.